The topological polar surface area (TPSA) is 111 Å². The van der Waals surface area contributed by atoms with Crippen molar-refractivity contribution in [1.82, 2.24) is 20.9 Å². The molecule has 8 nitrogen and oxygen atoms in total. The van der Waals surface area contributed by atoms with Gasteiger partial charge < -0.3 is 20.6 Å². The van der Waals surface area contributed by atoms with Crippen molar-refractivity contribution in [3.05, 3.63) is 34.9 Å². The van der Waals surface area contributed by atoms with Crippen LogP contribution < -0.4 is 16.0 Å². The Morgan fingerprint density at radius 3 is 2.82 bits per heavy atom. The van der Waals surface area contributed by atoms with Gasteiger partial charge in [0.05, 0.1) is 6.10 Å². The molecule has 8 heteroatoms. The molecule has 2 fully saturated rings. The van der Waals surface area contributed by atoms with Crippen molar-refractivity contribution < 1.29 is 19.5 Å². The highest BCUT2D eigenvalue weighted by Crippen LogP contribution is 2.29. The number of amides is 3. The number of hydrogen-bond acceptors (Lipinski definition) is 6. The Bertz CT molecular complexity index is 796. The Balaban J connectivity index is 1.46. The first-order valence-electron chi connectivity index (χ1n) is 9.90. The normalized spacial score (nSPS) is 28.1. The standard InChI is InChI=1S/C20H26N4O4/c25-15-5-4-14(9-21-10-15)22-8-12-2-1-3-13-11-24(20(28)18(12)13)16-6-7-17(26)23-19(16)27/h1-3,14-16,21-22,25H,4-11H2,(H,23,26,27)/t14-,15+,16?/m0/s1. The van der Waals surface area contributed by atoms with Crippen LogP contribution in [-0.4, -0.2) is 59.0 Å². The predicted molar refractivity (Wildman–Crippen MR) is 101 cm³/mol. The number of aliphatic hydroxyl groups is 1. The van der Waals surface area contributed by atoms with Crippen molar-refractivity contribution in [2.24, 2.45) is 0 Å². The summed E-state index contributed by atoms with van der Waals surface area (Å²) in [5.41, 5.74) is 2.51. The van der Waals surface area contributed by atoms with Crippen LogP contribution in [0.4, 0.5) is 0 Å². The number of imide groups is 1. The number of piperidine rings is 1. The molecule has 3 heterocycles. The van der Waals surface area contributed by atoms with Crippen molar-refractivity contribution in [1.29, 1.82) is 0 Å². The summed E-state index contributed by atoms with van der Waals surface area (Å²) in [7, 11) is 0. The van der Waals surface area contributed by atoms with E-state index in [2.05, 4.69) is 16.0 Å². The second-order valence-electron chi connectivity index (χ2n) is 7.82. The number of fused-ring (bicyclic) bond motifs is 1. The van der Waals surface area contributed by atoms with Crippen molar-refractivity contribution in [3.8, 4) is 0 Å². The summed E-state index contributed by atoms with van der Waals surface area (Å²) in [5, 5.41) is 18.8. The van der Waals surface area contributed by atoms with Gasteiger partial charge in [-0.2, -0.15) is 0 Å². The molecular weight excluding hydrogens is 360 g/mol. The molecule has 4 N–H and O–H groups in total. The summed E-state index contributed by atoms with van der Waals surface area (Å²) in [6, 6.07) is 5.44. The zero-order valence-electron chi connectivity index (χ0n) is 15.7. The van der Waals surface area contributed by atoms with Crippen molar-refractivity contribution in [2.45, 2.75) is 57.0 Å². The average molecular weight is 386 g/mol. The summed E-state index contributed by atoms with van der Waals surface area (Å²) in [4.78, 5) is 38.3. The fourth-order valence-corrected chi connectivity index (χ4v) is 4.29. The molecule has 3 amide bonds. The molecule has 0 saturated carbocycles. The number of carbonyl (C=O) groups is 3. The highest BCUT2D eigenvalue weighted by atomic mass is 16.3. The lowest BCUT2D eigenvalue weighted by molar-refractivity contribution is -0.136. The van der Waals surface area contributed by atoms with E-state index in [1.165, 1.54) is 0 Å². The van der Waals surface area contributed by atoms with E-state index < -0.39 is 6.04 Å². The number of aliphatic hydroxyl groups excluding tert-OH is 1. The number of carbonyl (C=O) groups excluding carboxylic acids is 3. The fraction of sp³-hybridized carbons (Fsp3) is 0.550. The molecule has 3 atom stereocenters. The molecule has 0 bridgehead atoms. The van der Waals surface area contributed by atoms with Crippen LogP contribution in [0.1, 0.15) is 47.2 Å². The summed E-state index contributed by atoms with van der Waals surface area (Å²) >= 11 is 0. The van der Waals surface area contributed by atoms with Gasteiger partial charge in [-0.05, 0) is 30.4 Å². The molecule has 2 saturated heterocycles. The van der Waals surface area contributed by atoms with Gasteiger partial charge in [0.2, 0.25) is 11.8 Å². The third kappa shape index (κ3) is 3.80. The predicted octanol–water partition coefficient (Wildman–Crippen LogP) is -0.350. The maximum Gasteiger partial charge on any atom is 0.255 e. The van der Waals surface area contributed by atoms with Gasteiger partial charge in [0, 0.05) is 44.2 Å². The van der Waals surface area contributed by atoms with Crippen LogP contribution in [0.15, 0.2) is 18.2 Å². The van der Waals surface area contributed by atoms with E-state index in [0.717, 1.165) is 30.5 Å². The van der Waals surface area contributed by atoms with Gasteiger partial charge in [0.15, 0.2) is 0 Å². The highest BCUT2D eigenvalue weighted by Gasteiger charge is 2.39. The number of rotatable bonds is 4. The van der Waals surface area contributed by atoms with Gasteiger partial charge >= 0.3 is 0 Å². The van der Waals surface area contributed by atoms with Crippen molar-refractivity contribution >= 4 is 17.7 Å². The van der Waals surface area contributed by atoms with Crippen LogP contribution in [0.5, 0.6) is 0 Å². The van der Waals surface area contributed by atoms with E-state index in [-0.39, 0.29) is 36.3 Å². The molecule has 150 valence electrons. The minimum atomic E-state index is -0.592. The maximum absolute atomic E-state index is 13.1. The summed E-state index contributed by atoms with van der Waals surface area (Å²) in [5.74, 6) is -0.811. The molecule has 1 unspecified atom stereocenters. The van der Waals surface area contributed by atoms with E-state index in [1.54, 1.807) is 4.90 Å². The van der Waals surface area contributed by atoms with E-state index in [4.69, 9.17) is 0 Å². The van der Waals surface area contributed by atoms with Gasteiger partial charge in [0.25, 0.3) is 5.91 Å². The summed E-state index contributed by atoms with van der Waals surface area (Å²) in [6.07, 6.45) is 1.94. The summed E-state index contributed by atoms with van der Waals surface area (Å²) < 4.78 is 0. The van der Waals surface area contributed by atoms with E-state index >= 15 is 0 Å². The molecule has 28 heavy (non-hydrogen) atoms. The molecule has 3 aliphatic rings. The third-order valence-corrected chi connectivity index (χ3v) is 5.84. The quantitative estimate of drug-likeness (QED) is 0.527. The largest absolute Gasteiger partial charge is 0.392 e. The number of nitrogens with one attached hydrogen (secondary N) is 3. The summed E-state index contributed by atoms with van der Waals surface area (Å²) in [6.45, 7) is 2.34. The van der Waals surface area contributed by atoms with Crippen LogP contribution in [-0.2, 0) is 22.7 Å². The first kappa shape index (κ1) is 19.0. The second kappa shape index (κ2) is 7.98. The lowest BCUT2D eigenvalue weighted by Gasteiger charge is -2.29. The molecule has 0 spiro atoms. The molecule has 1 aromatic carbocycles. The molecule has 0 aliphatic carbocycles. The first-order valence-corrected chi connectivity index (χ1v) is 9.90. The Hall–Kier alpha value is -2.29. The lowest BCUT2D eigenvalue weighted by atomic mass is 10.0. The molecular formula is C20H26N4O4. The van der Waals surface area contributed by atoms with Crippen LogP contribution in [0.3, 0.4) is 0 Å². The van der Waals surface area contributed by atoms with Crippen LogP contribution in [0, 0.1) is 0 Å². The van der Waals surface area contributed by atoms with Gasteiger partial charge in [-0.15, -0.1) is 0 Å². The van der Waals surface area contributed by atoms with Gasteiger partial charge in [-0.25, -0.2) is 0 Å². The third-order valence-electron chi connectivity index (χ3n) is 5.84. The highest BCUT2D eigenvalue weighted by molar-refractivity contribution is 6.05. The molecule has 4 rings (SSSR count). The van der Waals surface area contributed by atoms with Gasteiger partial charge in [-0.3, -0.25) is 19.7 Å². The lowest BCUT2D eigenvalue weighted by Crippen LogP contribution is -2.52. The Labute approximate surface area is 163 Å². The minimum Gasteiger partial charge on any atom is -0.392 e. The minimum absolute atomic E-state index is 0.142. The average Bonchev–Trinajstić information content (AvgIpc) is 2.86. The Morgan fingerprint density at radius 1 is 1.14 bits per heavy atom. The van der Waals surface area contributed by atoms with Crippen LogP contribution in [0.2, 0.25) is 0 Å². The van der Waals surface area contributed by atoms with Crippen molar-refractivity contribution in [2.75, 3.05) is 13.1 Å². The zero-order chi connectivity index (χ0) is 19.7. The van der Waals surface area contributed by atoms with E-state index in [9.17, 15) is 19.5 Å². The number of benzene rings is 1. The van der Waals surface area contributed by atoms with Gasteiger partial charge in [0.1, 0.15) is 6.04 Å². The van der Waals surface area contributed by atoms with E-state index in [0.29, 0.717) is 31.6 Å². The molecule has 0 radical (unpaired) electrons. The number of nitrogens with zero attached hydrogens (tertiary/aromatic N) is 1. The first-order chi connectivity index (χ1) is 13.5. The van der Waals surface area contributed by atoms with Gasteiger partial charge in [-0.1, -0.05) is 18.2 Å². The number of hydrogen-bond donors (Lipinski definition) is 4. The maximum atomic E-state index is 13.1. The second-order valence-corrected chi connectivity index (χ2v) is 7.82. The fourth-order valence-electron chi connectivity index (χ4n) is 4.29. The molecule has 3 aliphatic heterocycles. The van der Waals surface area contributed by atoms with Crippen molar-refractivity contribution in [3.63, 3.8) is 0 Å². The smallest absolute Gasteiger partial charge is 0.255 e. The monoisotopic (exact) mass is 386 g/mol. The Morgan fingerprint density at radius 2 is 2.00 bits per heavy atom. The SMILES string of the molecule is O=C1CCC(N2Cc3cccc(CN[C@H]4CC[C@@H](O)CNC4)c3C2=O)C(=O)N1. The number of β-amino-alcohol motifs (C(OH)–C–C–N with tert-alkyl or cyclic N) is 1. The molecule has 0 aromatic heterocycles. The van der Waals surface area contributed by atoms with E-state index in [1.807, 2.05) is 18.2 Å². The zero-order valence-corrected chi connectivity index (χ0v) is 15.7. The van der Waals surface area contributed by atoms with Crippen LogP contribution >= 0.6 is 0 Å². The Kier molecular flexibility index (Phi) is 5.43. The molecule has 1 aromatic rings. The van der Waals surface area contributed by atoms with Crippen LogP contribution in [0.25, 0.3) is 0 Å².